The van der Waals surface area contributed by atoms with Crippen molar-refractivity contribution >= 4 is 48.8 Å². The Morgan fingerprint density at radius 2 is 2.19 bits per heavy atom. The van der Waals surface area contributed by atoms with E-state index >= 15 is 0 Å². The van der Waals surface area contributed by atoms with E-state index in [-0.39, 0.29) is 10.8 Å². The average molecular weight is 476 g/mol. The summed E-state index contributed by atoms with van der Waals surface area (Å²) >= 11 is 2.48. The number of sulfonamides is 1. The minimum atomic E-state index is -3.74. The molecule has 31 heavy (non-hydrogen) atoms. The molecule has 10 heteroatoms. The number of amides is 1. The number of carbonyl (C=O) groups is 1. The fourth-order valence-electron chi connectivity index (χ4n) is 3.64. The van der Waals surface area contributed by atoms with Gasteiger partial charge in [0, 0.05) is 6.54 Å². The Hall–Kier alpha value is -2.45. The molecule has 7 nitrogen and oxygen atoms in total. The summed E-state index contributed by atoms with van der Waals surface area (Å²) in [5.41, 5.74) is 0.849. The number of rotatable bonds is 5. The normalized spacial score (nSPS) is 18.2. The van der Waals surface area contributed by atoms with Crippen LogP contribution >= 0.6 is 22.7 Å². The predicted octanol–water partition coefficient (Wildman–Crippen LogP) is 3.08. The molecular weight excluding hydrogens is 454 g/mol. The maximum Gasteiger partial charge on any atom is 0.266 e. The number of hydrogen-bond donors (Lipinski definition) is 0. The fourth-order valence-corrected chi connectivity index (χ4v) is 7.48. The average Bonchev–Trinajstić information content (AvgIpc) is 3.43. The van der Waals surface area contributed by atoms with E-state index in [0.29, 0.717) is 29.9 Å². The van der Waals surface area contributed by atoms with Crippen LogP contribution < -0.4 is 9.54 Å². The van der Waals surface area contributed by atoms with E-state index in [4.69, 9.17) is 11.2 Å². The van der Waals surface area contributed by atoms with Crippen LogP contribution in [0.15, 0.2) is 44.9 Å². The molecule has 0 aliphatic carbocycles. The Morgan fingerprint density at radius 1 is 1.35 bits per heavy atom. The van der Waals surface area contributed by atoms with Crippen LogP contribution in [-0.2, 0) is 21.4 Å². The Kier molecular flexibility index (Phi) is 6.29. The number of fused-ring (bicyclic) bond motifs is 1. The molecule has 1 atom stereocenters. The monoisotopic (exact) mass is 475 g/mol. The first-order valence-electron chi connectivity index (χ1n) is 9.70. The molecule has 1 aliphatic rings. The number of thiophene rings is 1. The third-order valence-corrected chi connectivity index (χ3v) is 9.46. The molecule has 2 aromatic heterocycles. The van der Waals surface area contributed by atoms with Gasteiger partial charge in [-0.25, -0.2) is 8.42 Å². The van der Waals surface area contributed by atoms with Crippen molar-refractivity contribution in [3.8, 4) is 18.1 Å². The summed E-state index contributed by atoms with van der Waals surface area (Å²) in [5.74, 6) is 2.82. The van der Waals surface area contributed by atoms with Crippen molar-refractivity contribution in [3.05, 3.63) is 40.5 Å². The van der Waals surface area contributed by atoms with Crippen LogP contribution in [0.3, 0.4) is 0 Å². The van der Waals surface area contributed by atoms with Crippen molar-refractivity contribution in [3.63, 3.8) is 0 Å². The maximum atomic E-state index is 13.2. The second-order valence-electron chi connectivity index (χ2n) is 7.02. The number of thiazole rings is 1. The molecule has 1 amide bonds. The molecule has 3 heterocycles. The van der Waals surface area contributed by atoms with Gasteiger partial charge in [0.1, 0.15) is 16.0 Å². The number of terminal acetylenes is 1. The lowest BCUT2D eigenvalue weighted by Crippen LogP contribution is -2.47. The summed E-state index contributed by atoms with van der Waals surface area (Å²) in [7, 11) is -2.15. The molecule has 1 unspecified atom stereocenters. The largest absolute Gasteiger partial charge is 0.497 e. The van der Waals surface area contributed by atoms with Gasteiger partial charge in [0.15, 0.2) is 4.80 Å². The minimum Gasteiger partial charge on any atom is -0.497 e. The number of ether oxygens (including phenoxy) is 1. The summed E-state index contributed by atoms with van der Waals surface area (Å²) < 4.78 is 35.7. The van der Waals surface area contributed by atoms with Crippen LogP contribution in [0.2, 0.25) is 0 Å². The minimum absolute atomic E-state index is 0.239. The van der Waals surface area contributed by atoms with E-state index < -0.39 is 22.0 Å². The molecule has 0 saturated carbocycles. The first-order chi connectivity index (χ1) is 15.0. The van der Waals surface area contributed by atoms with E-state index in [2.05, 4.69) is 10.9 Å². The van der Waals surface area contributed by atoms with Gasteiger partial charge in [0.2, 0.25) is 0 Å². The number of piperidine rings is 1. The molecule has 1 fully saturated rings. The van der Waals surface area contributed by atoms with Gasteiger partial charge in [-0.3, -0.25) is 4.79 Å². The van der Waals surface area contributed by atoms with E-state index in [0.717, 1.165) is 28.0 Å². The lowest BCUT2D eigenvalue weighted by molar-refractivity contribution is -0.122. The molecule has 4 rings (SSSR count). The van der Waals surface area contributed by atoms with E-state index in [9.17, 15) is 13.2 Å². The summed E-state index contributed by atoms with van der Waals surface area (Å²) in [6.07, 6.45) is 7.47. The summed E-state index contributed by atoms with van der Waals surface area (Å²) in [6.45, 7) is 0.556. The maximum absolute atomic E-state index is 13.2. The number of methoxy groups -OCH3 is 1. The molecular formula is C21H21N3O4S3. The van der Waals surface area contributed by atoms with Crippen LogP contribution in [0, 0.1) is 12.3 Å². The SMILES string of the molecule is C#CCn1c(=NC(=O)C2CCCCN2S(=O)(=O)c2cccs2)sc2cc(OC)ccc21. The zero-order valence-electron chi connectivity index (χ0n) is 16.9. The van der Waals surface area contributed by atoms with Crippen molar-refractivity contribution in [2.45, 2.75) is 36.1 Å². The van der Waals surface area contributed by atoms with Gasteiger partial charge in [0.25, 0.3) is 15.9 Å². The first-order valence-corrected chi connectivity index (χ1v) is 12.8. The summed E-state index contributed by atoms with van der Waals surface area (Å²) in [4.78, 5) is 18.0. The number of nitrogens with zero attached hydrogens (tertiary/aromatic N) is 3. The highest BCUT2D eigenvalue weighted by atomic mass is 32.2. The van der Waals surface area contributed by atoms with Crippen molar-refractivity contribution in [2.24, 2.45) is 4.99 Å². The number of hydrogen-bond acceptors (Lipinski definition) is 6. The third kappa shape index (κ3) is 4.19. The molecule has 1 saturated heterocycles. The molecule has 0 bridgehead atoms. The molecule has 3 aromatic rings. The van der Waals surface area contributed by atoms with Crippen LogP contribution in [0.4, 0.5) is 0 Å². The highest BCUT2D eigenvalue weighted by molar-refractivity contribution is 7.91. The van der Waals surface area contributed by atoms with Crippen molar-refractivity contribution < 1.29 is 17.9 Å². The highest BCUT2D eigenvalue weighted by Crippen LogP contribution is 2.29. The Balaban J connectivity index is 1.75. The van der Waals surface area contributed by atoms with Gasteiger partial charge in [0.05, 0.1) is 23.9 Å². The molecule has 0 spiro atoms. The Labute approximate surface area is 188 Å². The van der Waals surface area contributed by atoms with Crippen LogP contribution in [0.1, 0.15) is 19.3 Å². The molecule has 0 radical (unpaired) electrons. The van der Waals surface area contributed by atoms with Crippen LogP contribution in [-0.4, -0.2) is 42.9 Å². The van der Waals surface area contributed by atoms with Gasteiger partial charge in [-0.1, -0.05) is 29.7 Å². The number of carbonyl (C=O) groups excluding carboxylic acids is 1. The smallest absolute Gasteiger partial charge is 0.266 e. The predicted molar refractivity (Wildman–Crippen MR) is 122 cm³/mol. The van der Waals surface area contributed by atoms with Gasteiger partial charge in [-0.05, 0) is 42.5 Å². The van der Waals surface area contributed by atoms with Crippen molar-refractivity contribution in [1.82, 2.24) is 8.87 Å². The third-order valence-electron chi connectivity index (χ3n) is 5.14. The lowest BCUT2D eigenvalue weighted by atomic mass is 10.0. The van der Waals surface area contributed by atoms with Gasteiger partial charge >= 0.3 is 0 Å². The zero-order chi connectivity index (χ0) is 22.0. The topological polar surface area (TPSA) is 81.0 Å². The lowest BCUT2D eigenvalue weighted by Gasteiger charge is -2.31. The Bertz CT molecular complexity index is 1310. The van der Waals surface area contributed by atoms with Crippen LogP contribution in [0.25, 0.3) is 10.2 Å². The van der Waals surface area contributed by atoms with Crippen LogP contribution in [0.5, 0.6) is 5.75 Å². The van der Waals surface area contributed by atoms with Crippen molar-refractivity contribution in [1.29, 1.82) is 0 Å². The second kappa shape index (κ2) is 8.96. The summed E-state index contributed by atoms with van der Waals surface area (Å²) in [5, 5.41) is 1.71. The molecule has 1 aromatic carbocycles. The molecule has 162 valence electrons. The molecule has 1 aliphatic heterocycles. The van der Waals surface area contributed by atoms with Gasteiger partial charge in [-0.2, -0.15) is 9.30 Å². The quantitative estimate of drug-likeness (QED) is 0.531. The number of aromatic nitrogens is 1. The standard InChI is InChI=1S/C21H21N3O4S3/c1-3-11-23-16-10-9-15(28-2)14-18(16)30-21(23)22-20(25)17-7-4-5-12-24(17)31(26,27)19-8-6-13-29-19/h1,6,8-10,13-14,17H,4-5,7,11-12H2,2H3. The van der Waals surface area contributed by atoms with Gasteiger partial charge in [-0.15, -0.1) is 17.8 Å². The first kappa shape index (κ1) is 21.8. The Morgan fingerprint density at radius 3 is 2.90 bits per heavy atom. The number of benzene rings is 1. The van der Waals surface area contributed by atoms with E-state index in [1.165, 1.54) is 15.6 Å². The fraction of sp³-hybridized carbons (Fsp3) is 0.333. The van der Waals surface area contributed by atoms with E-state index in [1.54, 1.807) is 29.2 Å². The van der Waals surface area contributed by atoms with Gasteiger partial charge < -0.3 is 9.30 Å². The second-order valence-corrected chi connectivity index (χ2v) is 11.1. The molecule has 0 N–H and O–H groups in total. The van der Waals surface area contributed by atoms with E-state index in [1.807, 2.05) is 18.2 Å². The highest BCUT2D eigenvalue weighted by Gasteiger charge is 2.38. The summed E-state index contributed by atoms with van der Waals surface area (Å²) in [6, 6.07) is 8.00. The zero-order valence-corrected chi connectivity index (χ0v) is 19.3. The van der Waals surface area contributed by atoms with Crippen molar-refractivity contribution in [2.75, 3.05) is 13.7 Å².